The molecular formula is C16H20ClN3O. The Hall–Kier alpha value is -1.49. The highest BCUT2D eigenvalue weighted by molar-refractivity contribution is 5.85. The van der Waals surface area contributed by atoms with Crippen LogP contribution < -0.4 is 5.32 Å². The van der Waals surface area contributed by atoms with E-state index in [9.17, 15) is 0 Å². The molecule has 2 atom stereocenters. The molecule has 1 fully saturated rings. The predicted molar refractivity (Wildman–Crippen MR) is 85.6 cm³/mol. The normalized spacial score (nSPS) is 21.6. The lowest BCUT2D eigenvalue weighted by molar-refractivity contribution is 0.0155. The van der Waals surface area contributed by atoms with Crippen LogP contribution in [0.4, 0.5) is 0 Å². The maximum atomic E-state index is 5.69. The van der Waals surface area contributed by atoms with E-state index in [-0.39, 0.29) is 12.4 Å². The Morgan fingerprint density at radius 3 is 2.76 bits per heavy atom. The fourth-order valence-corrected chi connectivity index (χ4v) is 2.43. The third-order valence-corrected chi connectivity index (χ3v) is 3.51. The number of ether oxygens (including phenoxy) is 1. The zero-order valence-corrected chi connectivity index (χ0v) is 12.8. The Kier molecular flexibility index (Phi) is 5.67. The first kappa shape index (κ1) is 15.9. The van der Waals surface area contributed by atoms with Crippen molar-refractivity contribution < 1.29 is 4.74 Å². The second-order valence-electron chi connectivity index (χ2n) is 5.23. The first-order valence-corrected chi connectivity index (χ1v) is 7.02. The largest absolute Gasteiger partial charge is 0.376 e. The highest BCUT2D eigenvalue weighted by Gasteiger charge is 2.18. The van der Waals surface area contributed by atoms with Gasteiger partial charge < -0.3 is 10.1 Å². The number of nitrogens with one attached hydrogen (secondary N) is 1. The van der Waals surface area contributed by atoms with Gasteiger partial charge in [0.25, 0.3) is 0 Å². The number of halogens is 1. The number of benzene rings is 1. The lowest BCUT2D eigenvalue weighted by Crippen LogP contribution is -2.46. The van der Waals surface area contributed by atoms with Crippen molar-refractivity contribution in [2.24, 2.45) is 0 Å². The van der Waals surface area contributed by atoms with Gasteiger partial charge in [0.2, 0.25) is 0 Å². The summed E-state index contributed by atoms with van der Waals surface area (Å²) in [5.74, 6) is 0.774. The second-order valence-corrected chi connectivity index (χ2v) is 5.23. The van der Waals surface area contributed by atoms with E-state index in [1.807, 2.05) is 12.1 Å². The fourth-order valence-electron chi connectivity index (χ4n) is 2.43. The zero-order chi connectivity index (χ0) is 13.8. The third-order valence-electron chi connectivity index (χ3n) is 3.51. The van der Waals surface area contributed by atoms with Gasteiger partial charge in [0.1, 0.15) is 0 Å². The molecule has 1 aliphatic heterocycles. The molecule has 0 bridgehead atoms. The summed E-state index contributed by atoms with van der Waals surface area (Å²) in [6.45, 7) is 3.79. The maximum Gasteiger partial charge on any atom is 0.159 e. The first-order chi connectivity index (χ1) is 9.81. The molecule has 2 aromatic rings. The molecule has 5 heteroatoms. The van der Waals surface area contributed by atoms with Gasteiger partial charge in [-0.25, -0.2) is 9.97 Å². The first-order valence-electron chi connectivity index (χ1n) is 7.02. The standard InChI is InChI=1S/C16H19N3O.ClH/c1-12-10-19-15(11-20-12)9-13-4-2-5-14(8-13)16-17-6-3-7-18-16;/h2-8,12,15,19H,9-11H2,1H3;1H/t12-,15-;/m1./s1. The van der Waals surface area contributed by atoms with E-state index in [1.165, 1.54) is 5.56 Å². The van der Waals surface area contributed by atoms with Gasteiger partial charge in [-0.3, -0.25) is 0 Å². The molecule has 0 aliphatic carbocycles. The van der Waals surface area contributed by atoms with Crippen molar-refractivity contribution in [3.63, 3.8) is 0 Å². The van der Waals surface area contributed by atoms with Crippen LogP contribution in [0.2, 0.25) is 0 Å². The van der Waals surface area contributed by atoms with E-state index in [2.05, 4.69) is 40.4 Å². The molecule has 3 rings (SSSR count). The topological polar surface area (TPSA) is 47.0 Å². The summed E-state index contributed by atoms with van der Waals surface area (Å²) >= 11 is 0. The molecule has 0 amide bonds. The Bertz CT molecular complexity index is 556. The minimum absolute atomic E-state index is 0. The van der Waals surface area contributed by atoms with Crippen LogP contribution in [-0.4, -0.2) is 35.3 Å². The van der Waals surface area contributed by atoms with Gasteiger partial charge in [-0.05, 0) is 31.0 Å². The Morgan fingerprint density at radius 1 is 1.24 bits per heavy atom. The summed E-state index contributed by atoms with van der Waals surface area (Å²) in [4.78, 5) is 8.59. The monoisotopic (exact) mass is 305 g/mol. The summed E-state index contributed by atoms with van der Waals surface area (Å²) < 4.78 is 5.69. The summed E-state index contributed by atoms with van der Waals surface area (Å²) in [5.41, 5.74) is 2.35. The Labute approximate surface area is 131 Å². The second kappa shape index (κ2) is 7.50. The van der Waals surface area contributed by atoms with E-state index in [0.29, 0.717) is 12.1 Å². The molecule has 112 valence electrons. The molecule has 1 aromatic carbocycles. The van der Waals surface area contributed by atoms with Gasteiger partial charge in [0.05, 0.1) is 12.7 Å². The molecule has 0 unspecified atom stereocenters. The molecule has 4 nitrogen and oxygen atoms in total. The average molecular weight is 306 g/mol. The van der Waals surface area contributed by atoms with Crippen LogP contribution in [0.3, 0.4) is 0 Å². The van der Waals surface area contributed by atoms with Crippen LogP contribution in [0.5, 0.6) is 0 Å². The average Bonchev–Trinajstić information content (AvgIpc) is 2.51. The molecule has 2 heterocycles. The summed E-state index contributed by atoms with van der Waals surface area (Å²) in [5, 5.41) is 3.52. The minimum atomic E-state index is 0. The van der Waals surface area contributed by atoms with Crippen LogP contribution in [0.25, 0.3) is 11.4 Å². The quantitative estimate of drug-likeness (QED) is 0.946. The van der Waals surface area contributed by atoms with Crippen LogP contribution in [0, 0.1) is 0 Å². The van der Waals surface area contributed by atoms with E-state index in [0.717, 1.165) is 31.0 Å². The number of hydrogen-bond donors (Lipinski definition) is 1. The van der Waals surface area contributed by atoms with Crippen molar-refractivity contribution in [2.45, 2.75) is 25.5 Å². The van der Waals surface area contributed by atoms with Crippen LogP contribution in [0.15, 0.2) is 42.7 Å². The highest BCUT2D eigenvalue weighted by Crippen LogP contribution is 2.17. The number of morpholine rings is 1. The van der Waals surface area contributed by atoms with E-state index < -0.39 is 0 Å². The van der Waals surface area contributed by atoms with Crippen molar-refractivity contribution in [1.82, 2.24) is 15.3 Å². The lowest BCUT2D eigenvalue weighted by atomic mass is 10.0. The third kappa shape index (κ3) is 4.24. The SMILES string of the molecule is C[C@@H]1CN[C@H](Cc2cccc(-c3ncccn3)c2)CO1.Cl. The number of nitrogens with zero attached hydrogens (tertiary/aromatic N) is 2. The summed E-state index contributed by atoms with van der Waals surface area (Å²) in [7, 11) is 0. The maximum absolute atomic E-state index is 5.69. The molecule has 0 saturated carbocycles. The van der Waals surface area contributed by atoms with Gasteiger partial charge in [-0.1, -0.05) is 18.2 Å². The molecule has 1 saturated heterocycles. The van der Waals surface area contributed by atoms with Gasteiger partial charge in [-0.2, -0.15) is 0 Å². The van der Waals surface area contributed by atoms with Crippen LogP contribution in [0.1, 0.15) is 12.5 Å². The minimum Gasteiger partial charge on any atom is -0.376 e. The molecule has 0 spiro atoms. The van der Waals surface area contributed by atoms with Gasteiger partial charge in [0, 0.05) is 30.5 Å². The van der Waals surface area contributed by atoms with Crippen LogP contribution >= 0.6 is 12.4 Å². The number of rotatable bonds is 3. The molecule has 21 heavy (non-hydrogen) atoms. The lowest BCUT2D eigenvalue weighted by Gasteiger charge is -2.28. The van der Waals surface area contributed by atoms with Crippen molar-refractivity contribution in [2.75, 3.05) is 13.2 Å². The fraction of sp³-hybridized carbons (Fsp3) is 0.375. The number of hydrogen-bond acceptors (Lipinski definition) is 4. The Morgan fingerprint density at radius 2 is 2.05 bits per heavy atom. The van der Waals surface area contributed by atoms with Crippen molar-refractivity contribution >= 4 is 12.4 Å². The Balaban J connectivity index is 0.00000161. The van der Waals surface area contributed by atoms with E-state index in [1.54, 1.807) is 12.4 Å². The van der Waals surface area contributed by atoms with Gasteiger partial charge in [0.15, 0.2) is 5.82 Å². The summed E-state index contributed by atoms with van der Waals surface area (Å²) in [6.07, 6.45) is 4.82. The summed E-state index contributed by atoms with van der Waals surface area (Å²) in [6, 6.07) is 10.6. The molecule has 1 N–H and O–H groups in total. The van der Waals surface area contributed by atoms with Crippen LogP contribution in [-0.2, 0) is 11.2 Å². The predicted octanol–water partition coefficient (Wildman–Crippen LogP) is 2.48. The molecule has 0 radical (unpaired) electrons. The zero-order valence-electron chi connectivity index (χ0n) is 12.0. The van der Waals surface area contributed by atoms with E-state index in [4.69, 9.17) is 4.74 Å². The smallest absolute Gasteiger partial charge is 0.159 e. The molecule has 1 aromatic heterocycles. The van der Waals surface area contributed by atoms with Gasteiger partial charge in [-0.15, -0.1) is 12.4 Å². The highest BCUT2D eigenvalue weighted by atomic mass is 35.5. The molecule has 1 aliphatic rings. The van der Waals surface area contributed by atoms with E-state index >= 15 is 0 Å². The van der Waals surface area contributed by atoms with Crippen molar-refractivity contribution in [3.8, 4) is 11.4 Å². The molecular weight excluding hydrogens is 286 g/mol. The van der Waals surface area contributed by atoms with Crippen molar-refractivity contribution in [1.29, 1.82) is 0 Å². The number of aromatic nitrogens is 2. The van der Waals surface area contributed by atoms with Gasteiger partial charge >= 0.3 is 0 Å². The van der Waals surface area contributed by atoms with Crippen molar-refractivity contribution in [3.05, 3.63) is 48.3 Å².